The van der Waals surface area contributed by atoms with E-state index in [1.165, 1.54) is 0 Å². The van der Waals surface area contributed by atoms with Crippen LogP contribution in [0.15, 0.2) is 0 Å². The van der Waals surface area contributed by atoms with E-state index in [0.717, 1.165) is 30.0 Å². The van der Waals surface area contributed by atoms with Crippen LogP contribution in [-0.2, 0) is 13.6 Å². The third kappa shape index (κ3) is 3.24. The highest BCUT2D eigenvalue weighted by molar-refractivity contribution is 5.30. The number of nitrogens with one attached hydrogen (secondary N) is 1. The van der Waals surface area contributed by atoms with Gasteiger partial charge in [-0.05, 0) is 13.3 Å². The number of hydrogen-bond donors (Lipinski definition) is 1. The topological polar surface area (TPSA) is 39.1 Å². The zero-order valence-electron chi connectivity index (χ0n) is 11.1. The maximum absolute atomic E-state index is 5.47. The molecule has 0 saturated heterocycles. The molecular weight excluding hydrogens is 214 g/mol. The van der Waals surface area contributed by atoms with Gasteiger partial charge in [-0.15, -0.1) is 6.42 Å². The van der Waals surface area contributed by atoms with Gasteiger partial charge in [0.15, 0.2) is 0 Å². The van der Waals surface area contributed by atoms with E-state index in [1.54, 1.807) is 11.8 Å². The lowest BCUT2D eigenvalue weighted by atomic mass is 10.1. The minimum Gasteiger partial charge on any atom is -0.481 e. The molecule has 0 saturated carbocycles. The summed E-state index contributed by atoms with van der Waals surface area (Å²) in [6.45, 7) is 4.80. The van der Waals surface area contributed by atoms with E-state index in [1.807, 2.05) is 14.0 Å². The molecule has 4 heteroatoms. The Kier molecular flexibility index (Phi) is 5.05. The van der Waals surface area contributed by atoms with Crippen molar-refractivity contribution in [2.24, 2.45) is 7.05 Å². The van der Waals surface area contributed by atoms with Crippen molar-refractivity contribution in [3.63, 3.8) is 0 Å². The Morgan fingerprint density at radius 1 is 1.59 bits per heavy atom. The monoisotopic (exact) mass is 235 g/mol. The largest absolute Gasteiger partial charge is 0.481 e. The normalized spacial score (nSPS) is 12.2. The Morgan fingerprint density at radius 2 is 2.29 bits per heavy atom. The number of nitrogens with zero attached hydrogens (tertiary/aromatic N) is 2. The molecule has 94 valence electrons. The Morgan fingerprint density at radius 3 is 2.82 bits per heavy atom. The molecule has 0 spiro atoms. The predicted molar refractivity (Wildman–Crippen MR) is 68.9 cm³/mol. The fraction of sp³-hybridized carbons (Fsp3) is 0.615. The Bertz CT molecular complexity index is 404. The highest BCUT2D eigenvalue weighted by Crippen LogP contribution is 2.20. The first-order chi connectivity index (χ1) is 8.13. The third-order valence-corrected chi connectivity index (χ3v) is 2.79. The summed E-state index contributed by atoms with van der Waals surface area (Å²) in [5.41, 5.74) is 2.05. The van der Waals surface area contributed by atoms with Crippen LogP contribution in [0.3, 0.4) is 0 Å². The molecule has 0 aromatic carbocycles. The number of methoxy groups -OCH3 is 1. The van der Waals surface area contributed by atoms with Crippen molar-refractivity contribution in [3.05, 3.63) is 11.3 Å². The molecule has 1 aromatic heterocycles. The SMILES string of the molecule is C#CC(CCC)NCc1c(C)nn(C)c1OC. The number of ether oxygens (including phenoxy) is 1. The minimum absolute atomic E-state index is 0.115. The van der Waals surface area contributed by atoms with E-state index < -0.39 is 0 Å². The van der Waals surface area contributed by atoms with E-state index in [2.05, 4.69) is 23.3 Å². The van der Waals surface area contributed by atoms with Crippen LogP contribution in [0.1, 0.15) is 31.0 Å². The van der Waals surface area contributed by atoms with Gasteiger partial charge in [0, 0.05) is 13.6 Å². The number of aryl methyl sites for hydroxylation is 2. The summed E-state index contributed by atoms with van der Waals surface area (Å²) in [4.78, 5) is 0. The van der Waals surface area contributed by atoms with Gasteiger partial charge in [0.2, 0.25) is 5.88 Å². The highest BCUT2D eigenvalue weighted by atomic mass is 16.5. The molecular formula is C13H21N3O. The highest BCUT2D eigenvalue weighted by Gasteiger charge is 2.14. The summed E-state index contributed by atoms with van der Waals surface area (Å²) >= 11 is 0. The summed E-state index contributed by atoms with van der Waals surface area (Å²) in [7, 11) is 3.53. The van der Waals surface area contributed by atoms with Crippen LogP contribution in [0.5, 0.6) is 5.88 Å². The number of hydrogen-bond acceptors (Lipinski definition) is 3. The van der Waals surface area contributed by atoms with Crippen molar-refractivity contribution in [2.75, 3.05) is 7.11 Å². The molecule has 0 bridgehead atoms. The van der Waals surface area contributed by atoms with E-state index in [4.69, 9.17) is 11.2 Å². The van der Waals surface area contributed by atoms with Gasteiger partial charge in [0.25, 0.3) is 0 Å². The second-order valence-corrected chi connectivity index (χ2v) is 4.09. The lowest BCUT2D eigenvalue weighted by Gasteiger charge is -2.12. The maximum atomic E-state index is 5.47. The molecule has 1 unspecified atom stereocenters. The van der Waals surface area contributed by atoms with Crippen LogP contribution in [0.2, 0.25) is 0 Å². The summed E-state index contributed by atoms with van der Waals surface area (Å²) in [6, 6.07) is 0.115. The molecule has 0 radical (unpaired) electrons. The Balaban J connectivity index is 2.72. The van der Waals surface area contributed by atoms with Crippen molar-refractivity contribution in [1.29, 1.82) is 0 Å². The fourth-order valence-electron chi connectivity index (χ4n) is 1.90. The Hall–Kier alpha value is -1.47. The van der Waals surface area contributed by atoms with Crippen LogP contribution in [-0.4, -0.2) is 22.9 Å². The van der Waals surface area contributed by atoms with E-state index in [0.29, 0.717) is 6.54 Å². The molecule has 0 fully saturated rings. The van der Waals surface area contributed by atoms with Gasteiger partial charge < -0.3 is 4.74 Å². The molecule has 0 aliphatic carbocycles. The van der Waals surface area contributed by atoms with Crippen LogP contribution < -0.4 is 10.1 Å². The molecule has 1 aromatic rings. The first-order valence-corrected chi connectivity index (χ1v) is 5.90. The quantitative estimate of drug-likeness (QED) is 0.762. The van der Waals surface area contributed by atoms with Crippen molar-refractivity contribution in [1.82, 2.24) is 15.1 Å². The van der Waals surface area contributed by atoms with Gasteiger partial charge in [0.05, 0.1) is 24.4 Å². The first kappa shape index (κ1) is 13.6. The minimum atomic E-state index is 0.115. The van der Waals surface area contributed by atoms with Crippen molar-refractivity contribution < 1.29 is 4.74 Å². The standard InChI is InChI=1S/C13H21N3O/c1-6-8-11(7-2)14-9-12-10(3)15-16(4)13(12)17-5/h2,11,14H,6,8-9H2,1,3-5H3. The molecule has 17 heavy (non-hydrogen) atoms. The van der Waals surface area contributed by atoms with Gasteiger partial charge in [-0.25, -0.2) is 4.68 Å². The molecule has 1 heterocycles. The van der Waals surface area contributed by atoms with Crippen LogP contribution in [0.25, 0.3) is 0 Å². The summed E-state index contributed by atoms with van der Waals surface area (Å²) in [6.07, 6.45) is 7.53. The number of aromatic nitrogens is 2. The van der Waals surface area contributed by atoms with Crippen molar-refractivity contribution >= 4 is 0 Å². The third-order valence-electron chi connectivity index (χ3n) is 2.79. The molecule has 0 aliphatic heterocycles. The van der Waals surface area contributed by atoms with Gasteiger partial charge >= 0.3 is 0 Å². The van der Waals surface area contributed by atoms with Crippen molar-refractivity contribution in [2.45, 2.75) is 39.3 Å². The van der Waals surface area contributed by atoms with E-state index in [9.17, 15) is 0 Å². The average Bonchev–Trinajstić information content (AvgIpc) is 2.58. The van der Waals surface area contributed by atoms with Gasteiger partial charge in [-0.2, -0.15) is 5.10 Å². The smallest absolute Gasteiger partial charge is 0.216 e. The van der Waals surface area contributed by atoms with E-state index >= 15 is 0 Å². The fourth-order valence-corrected chi connectivity index (χ4v) is 1.90. The molecule has 0 aliphatic rings. The zero-order chi connectivity index (χ0) is 12.8. The molecule has 0 amide bonds. The first-order valence-electron chi connectivity index (χ1n) is 5.90. The Labute approximate surface area is 103 Å². The summed E-state index contributed by atoms with van der Waals surface area (Å²) in [5, 5.41) is 7.68. The van der Waals surface area contributed by atoms with Crippen LogP contribution in [0.4, 0.5) is 0 Å². The molecule has 1 rings (SSSR count). The van der Waals surface area contributed by atoms with Crippen LogP contribution in [0, 0.1) is 19.3 Å². The van der Waals surface area contributed by atoms with E-state index in [-0.39, 0.29) is 6.04 Å². The zero-order valence-corrected chi connectivity index (χ0v) is 11.1. The second-order valence-electron chi connectivity index (χ2n) is 4.09. The lowest BCUT2D eigenvalue weighted by molar-refractivity contribution is 0.367. The maximum Gasteiger partial charge on any atom is 0.216 e. The lowest BCUT2D eigenvalue weighted by Crippen LogP contribution is -2.27. The average molecular weight is 235 g/mol. The predicted octanol–water partition coefficient (Wildman–Crippen LogP) is 1.63. The summed E-state index contributed by atoms with van der Waals surface area (Å²) in [5.74, 6) is 3.55. The number of terminal acetylenes is 1. The van der Waals surface area contributed by atoms with Crippen LogP contribution >= 0.6 is 0 Å². The van der Waals surface area contributed by atoms with Gasteiger partial charge in [-0.3, -0.25) is 5.32 Å². The van der Waals surface area contributed by atoms with Crippen molar-refractivity contribution in [3.8, 4) is 18.2 Å². The summed E-state index contributed by atoms with van der Waals surface area (Å²) < 4.78 is 7.08. The number of rotatable bonds is 6. The molecule has 4 nitrogen and oxygen atoms in total. The molecule has 1 N–H and O–H groups in total. The molecule has 1 atom stereocenters. The van der Waals surface area contributed by atoms with Gasteiger partial charge in [0.1, 0.15) is 0 Å². The second kappa shape index (κ2) is 6.31. The van der Waals surface area contributed by atoms with Gasteiger partial charge in [-0.1, -0.05) is 19.3 Å².